The highest BCUT2D eigenvalue weighted by Gasteiger charge is 2.44. The van der Waals surface area contributed by atoms with Crippen LogP contribution in [-0.4, -0.2) is 59.2 Å². The van der Waals surface area contributed by atoms with E-state index in [1.807, 2.05) is 25.7 Å². The highest BCUT2D eigenvalue weighted by atomic mass is 16.6. The molecule has 0 aromatic heterocycles. The Morgan fingerprint density at radius 3 is 2.16 bits per heavy atom. The largest absolute Gasteiger partial charge is 0.549 e. The molecule has 6 heteroatoms. The Morgan fingerprint density at radius 1 is 1.21 bits per heavy atom. The number of nitrogens with zero attached hydrogens (tertiary/aromatic N) is 2. The van der Waals surface area contributed by atoms with Crippen LogP contribution in [0.3, 0.4) is 0 Å². The summed E-state index contributed by atoms with van der Waals surface area (Å²) in [5.74, 6) is -1.06. The first kappa shape index (κ1) is 14.1. The van der Waals surface area contributed by atoms with E-state index in [4.69, 9.17) is 4.74 Å². The third-order valence-electron chi connectivity index (χ3n) is 3.51. The fourth-order valence-corrected chi connectivity index (χ4v) is 2.91. The molecule has 0 N–H and O–H groups in total. The lowest BCUT2D eigenvalue weighted by Crippen LogP contribution is -2.58. The standard InChI is InChI=1S/C13H22N2O4/c1-13(2,3)19-12(18)15-9-4-5-10(15)7-14(6-9)8-11(16)17/h9-10H,4-8H2,1-3H3,(H,16,17)/p-1. The molecule has 0 spiro atoms. The van der Waals surface area contributed by atoms with E-state index < -0.39 is 11.6 Å². The van der Waals surface area contributed by atoms with Crippen LogP contribution in [0.4, 0.5) is 4.79 Å². The summed E-state index contributed by atoms with van der Waals surface area (Å²) in [6, 6.07) is 0.126. The normalized spacial score (nSPS) is 27.4. The van der Waals surface area contributed by atoms with Gasteiger partial charge in [-0.1, -0.05) is 0 Å². The number of carbonyl (C=O) groups is 2. The molecule has 2 aliphatic heterocycles. The molecular weight excluding hydrogens is 248 g/mol. The second kappa shape index (κ2) is 5.00. The first-order valence-corrected chi connectivity index (χ1v) is 6.70. The van der Waals surface area contributed by atoms with E-state index in [0.29, 0.717) is 13.1 Å². The molecule has 0 saturated carbocycles. The molecule has 2 heterocycles. The maximum absolute atomic E-state index is 12.2. The van der Waals surface area contributed by atoms with Gasteiger partial charge >= 0.3 is 6.09 Å². The number of carboxylic acid groups (broad SMARTS) is 1. The van der Waals surface area contributed by atoms with Crippen molar-refractivity contribution in [1.82, 2.24) is 9.80 Å². The van der Waals surface area contributed by atoms with Gasteiger partial charge in [0.1, 0.15) is 5.60 Å². The summed E-state index contributed by atoms with van der Waals surface area (Å²) >= 11 is 0. The maximum atomic E-state index is 12.2. The van der Waals surface area contributed by atoms with Crippen molar-refractivity contribution in [2.75, 3.05) is 19.6 Å². The van der Waals surface area contributed by atoms with Crippen LogP contribution in [0.25, 0.3) is 0 Å². The van der Waals surface area contributed by atoms with Crippen molar-refractivity contribution in [3.05, 3.63) is 0 Å². The van der Waals surface area contributed by atoms with Gasteiger partial charge in [0.05, 0.1) is 5.97 Å². The second-order valence-electron chi connectivity index (χ2n) is 6.34. The number of amides is 1. The quantitative estimate of drug-likeness (QED) is 0.695. The third kappa shape index (κ3) is 3.37. The Balaban J connectivity index is 1.99. The SMILES string of the molecule is CC(C)(C)OC(=O)N1C2CCC1CN(CC(=O)[O-])C2. The van der Waals surface area contributed by atoms with Gasteiger partial charge in [-0.2, -0.15) is 0 Å². The summed E-state index contributed by atoms with van der Waals surface area (Å²) in [4.78, 5) is 26.4. The van der Waals surface area contributed by atoms with E-state index >= 15 is 0 Å². The molecule has 19 heavy (non-hydrogen) atoms. The molecule has 0 radical (unpaired) electrons. The van der Waals surface area contributed by atoms with Gasteiger partial charge in [0, 0.05) is 31.7 Å². The number of likely N-dealkylation sites (tertiary alicyclic amines) is 1. The molecule has 0 aromatic carbocycles. The minimum absolute atomic E-state index is 0.0604. The second-order valence-corrected chi connectivity index (χ2v) is 6.34. The topological polar surface area (TPSA) is 72.9 Å². The molecule has 2 saturated heterocycles. The number of fused-ring (bicyclic) bond motifs is 2. The Kier molecular flexibility index (Phi) is 3.71. The van der Waals surface area contributed by atoms with Crippen LogP contribution in [0.15, 0.2) is 0 Å². The number of hydrogen-bond donors (Lipinski definition) is 0. The predicted molar refractivity (Wildman–Crippen MR) is 66.3 cm³/mol. The zero-order chi connectivity index (χ0) is 14.2. The third-order valence-corrected chi connectivity index (χ3v) is 3.51. The van der Waals surface area contributed by atoms with Gasteiger partial charge in [0.15, 0.2) is 0 Å². The summed E-state index contributed by atoms with van der Waals surface area (Å²) in [5, 5.41) is 10.6. The minimum atomic E-state index is -1.06. The van der Waals surface area contributed by atoms with Crippen molar-refractivity contribution in [3.63, 3.8) is 0 Å². The van der Waals surface area contributed by atoms with Gasteiger partial charge in [-0.25, -0.2) is 4.79 Å². The summed E-state index contributed by atoms with van der Waals surface area (Å²) in [6.45, 7) is 6.65. The molecule has 2 unspecified atom stereocenters. The van der Waals surface area contributed by atoms with Crippen molar-refractivity contribution in [3.8, 4) is 0 Å². The van der Waals surface area contributed by atoms with Crippen molar-refractivity contribution in [1.29, 1.82) is 0 Å². The van der Waals surface area contributed by atoms with E-state index in [9.17, 15) is 14.7 Å². The average Bonchev–Trinajstić information content (AvgIpc) is 2.47. The Bertz CT molecular complexity index is 363. The summed E-state index contributed by atoms with van der Waals surface area (Å²) in [7, 11) is 0. The molecule has 0 aliphatic carbocycles. The first-order valence-electron chi connectivity index (χ1n) is 6.70. The van der Waals surface area contributed by atoms with Crippen LogP contribution in [0.1, 0.15) is 33.6 Å². The lowest BCUT2D eigenvalue weighted by Gasteiger charge is -2.41. The highest BCUT2D eigenvalue weighted by molar-refractivity contribution is 5.70. The molecule has 2 bridgehead atoms. The van der Waals surface area contributed by atoms with Crippen LogP contribution in [0.5, 0.6) is 0 Å². The van der Waals surface area contributed by atoms with E-state index in [-0.39, 0.29) is 24.7 Å². The fraction of sp³-hybridized carbons (Fsp3) is 0.846. The van der Waals surface area contributed by atoms with Crippen LogP contribution >= 0.6 is 0 Å². The van der Waals surface area contributed by atoms with Crippen molar-refractivity contribution in [2.24, 2.45) is 0 Å². The van der Waals surface area contributed by atoms with E-state index in [0.717, 1.165) is 12.8 Å². The smallest absolute Gasteiger partial charge is 0.410 e. The van der Waals surface area contributed by atoms with Gasteiger partial charge in [0.2, 0.25) is 0 Å². The molecule has 2 rings (SSSR count). The number of carbonyl (C=O) groups excluding carboxylic acids is 2. The lowest BCUT2D eigenvalue weighted by atomic mass is 10.2. The fourth-order valence-electron chi connectivity index (χ4n) is 2.91. The van der Waals surface area contributed by atoms with Crippen LogP contribution < -0.4 is 5.11 Å². The van der Waals surface area contributed by atoms with Crippen LogP contribution in [0, 0.1) is 0 Å². The van der Waals surface area contributed by atoms with Crippen molar-refractivity contribution >= 4 is 12.1 Å². The summed E-state index contributed by atoms with van der Waals surface area (Å²) < 4.78 is 5.41. The summed E-state index contributed by atoms with van der Waals surface area (Å²) in [5.41, 5.74) is -0.501. The monoisotopic (exact) mass is 269 g/mol. The Hall–Kier alpha value is -1.30. The van der Waals surface area contributed by atoms with Crippen LogP contribution in [-0.2, 0) is 9.53 Å². The van der Waals surface area contributed by atoms with Crippen molar-refractivity contribution < 1.29 is 19.4 Å². The number of hydrogen-bond acceptors (Lipinski definition) is 5. The number of piperazine rings is 1. The Labute approximate surface area is 113 Å². The number of rotatable bonds is 2. The van der Waals surface area contributed by atoms with Gasteiger partial charge < -0.3 is 14.6 Å². The lowest BCUT2D eigenvalue weighted by molar-refractivity contribution is -0.306. The van der Waals surface area contributed by atoms with Gasteiger partial charge in [-0.05, 0) is 33.6 Å². The molecule has 2 atom stereocenters. The minimum Gasteiger partial charge on any atom is -0.549 e. The van der Waals surface area contributed by atoms with Gasteiger partial charge in [-0.15, -0.1) is 0 Å². The average molecular weight is 269 g/mol. The van der Waals surface area contributed by atoms with E-state index in [1.165, 1.54) is 0 Å². The van der Waals surface area contributed by atoms with Gasteiger partial charge in [0.25, 0.3) is 0 Å². The molecule has 2 aliphatic rings. The van der Waals surface area contributed by atoms with Crippen molar-refractivity contribution in [2.45, 2.75) is 51.3 Å². The number of aliphatic carboxylic acids is 1. The molecule has 108 valence electrons. The maximum Gasteiger partial charge on any atom is 0.410 e. The number of carboxylic acids is 1. The Morgan fingerprint density at radius 2 is 1.74 bits per heavy atom. The predicted octanol–water partition coefficient (Wildman–Crippen LogP) is -0.180. The van der Waals surface area contributed by atoms with E-state index in [2.05, 4.69) is 0 Å². The van der Waals surface area contributed by atoms with E-state index in [1.54, 1.807) is 4.90 Å². The molecule has 6 nitrogen and oxygen atoms in total. The molecule has 1 amide bonds. The zero-order valence-corrected chi connectivity index (χ0v) is 11.7. The van der Waals surface area contributed by atoms with Crippen LogP contribution in [0.2, 0.25) is 0 Å². The van der Waals surface area contributed by atoms with Gasteiger partial charge in [-0.3, -0.25) is 9.80 Å². The molecular formula is C13H21N2O4-. The summed E-state index contributed by atoms with van der Waals surface area (Å²) in [6.07, 6.45) is 1.54. The first-order chi connectivity index (χ1) is 8.76. The molecule has 0 aromatic rings. The zero-order valence-electron chi connectivity index (χ0n) is 11.7. The molecule has 2 fully saturated rings. The highest BCUT2D eigenvalue weighted by Crippen LogP contribution is 2.31. The number of ether oxygens (including phenoxy) is 1.